The van der Waals surface area contributed by atoms with Crippen molar-refractivity contribution in [3.05, 3.63) is 71.6 Å². The highest BCUT2D eigenvalue weighted by atomic mass is 35.5. The van der Waals surface area contributed by atoms with Crippen LogP contribution in [0, 0.1) is 0 Å². The molecule has 2 N–H and O–H groups in total. The number of benzene rings is 1. The van der Waals surface area contributed by atoms with E-state index in [1.54, 1.807) is 48.5 Å². The predicted octanol–water partition coefficient (Wildman–Crippen LogP) is 3.60. The number of rotatable bonds is 6. The molecule has 0 aliphatic carbocycles. The zero-order chi connectivity index (χ0) is 21.6. The third kappa shape index (κ3) is 5.11. The normalized spacial score (nSPS) is 10.6. The molecule has 0 saturated heterocycles. The molecule has 4 aromatic rings. The molecule has 0 bridgehead atoms. The fourth-order valence-corrected chi connectivity index (χ4v) is 3.22. The molecule has 9 nitrogen and oxygen atoms in total. The molecule has 0 atom stereocenters. The minimum Gasteiger partial charge on any atom is -0.463 e. The van der Waals surface area contributed by atoms with Crippen LogP contribution in [-0.2, 0) is 4.79 Å². The maximum atomic E-state index is 12.1. The summed E-state index contributed by atoms with van der Waals surface area (Å²) in [7, 11) is 0. The average Bonchev–Trinajstić information content (AvgIpc) is 3.51. The number of nitrogens with zero attached hydrogens (tertiary/aromatic N) is 3. The Morgan fingerprint density at radius 3 is 2.23 bits per heavy atom. The number of carbonyl (C=O) groups is 2. The summed E-state index contributed by atoms with van der Waals surface area (Å²) in [4.78, 5) is 28.6. The molecule has 3 heterocycles. The van der Waals surface area contributed by atoms with Gasteiger partial charge in [-0.25, -0.2) is 4.98 Å². The van der Waals surface area contributed by atoms with E-state index in [9.17, 15) is 9.59 Å². The van der Waals surface area contributed by atoms with Crippen LogP contribution in [0.3, 0.4) is 0 Å². The number of carbonyl (C=O) groups excluding carboxylic acids is 2. The van der Waals surface area contributed by atoms with E-state index in [-0.39, 0.29) is 10.9 Å². The molecule has 0 fully saturated rings. The second-order valence-corrected chi connectivity index (χ2v) is 7.42. The van der Waals surface area contributed by atoms with E-state index in [1.165, 1.54) is 12.5 Å². The number of halogens is 1. The van der Waals surface area contributed by atoms with Gasteiger partial charge in [0.05, 0.1) is 18.3 Å². The molecule has 31 heavy (non-hydrogen) atoms. The van der Waals surface area contributed by atoms with Crippen molar-refractivity contribution in [3.63, 3.8) is 0 Å². The molecule has 2 amide bonds. The number of amides is 2. The van der Waals surface area contributed by atoms with Crippen molar-refractivity contribution >= 4 is 35.2 Å². The smallest absolute Gasteiger partial charge is 0.269 e. The first kappa shape index (κ1) is 20.6. The second kappa shape index (κ2) is 9.45. The zero-order valence-corrected chi connectivity index (χ0v) is 17.3. The Bertz CT molecular complexity index is 1180. The Kier molecular flexibility index (Phi) is 6.29. The zero-order valence-electron chi connectivity index (χ0n) is 15.7. The van der Waals surface area contributed by atoms with Crippen LogP contribution >= 0.6 is 23.4 Å². The lowest BCUT2D eigenvalue weighted by atomic mass is 10.2. The minimum absolute atomic E-state index is 0.0414. The van der Waals surface area contributed by atoms with Gasteiger partial charge in [0.1, 0.15) is 5.69 Å². The van der Waals surface area contributed by atoms with Gasteiger partial charge < -0.3 is 8.83 Å². The number of hydrogen-bond donors (Lipinski definition) is 2. The van der Waals surface area contributed by atoms with Crippen LogP contribution in [0.4, 0.5) is 0 Å². The molecular weight excluding hydrogens is 442 g/mol. The Labute approximate surface area is 185 Å². The predicted molar refractivity (Wildman–Crippen MR) is 113 cm³/mol. The summed E-state index contributed by atoms with van der Waals surface area (Å²) in [6, 6.07) is 13.2. The molecular formula is C20H14ClN5O4S. The van der Waals surface area contributed by atoms with Crippen LogP contribution in [-0.4, -0.2) is 32.7 Å². The summed E-state index contributed by atoms with van der Waals surface area (Å²) in [6.07, 6.45) is 3.04. The van der Waals surface area contributed by atoms with Gasteiger partial charge in [-0.15, -0.1) is 10.2 Å². The molecule has 0 aliphatic heterocycles. The number of nitrogens with one attached hydrogen (secondary N) is 2. The van der Waals surface area contributed by atoms with Crippen molar-refractivity contribution in [1.29, 1.82) is 0 Å². The first-order chi connectivity index (χ1) is 15.1. The highest BCUT2D eigenvalue weighted by molar-refractivity contribution is 7.99. The molecule has 1 aromatic carbocycles. The molecule has 11 heteroatoms. The van der Waals surface area contributed by atoms with E-state index in [1.807, 2.05) is 0 Å². The van der Waals surface area contributed by atoms with E-state index in [0.29, 0.717) is 33.5 Å². The van der Waals surface area contributed by atoms with Gasteiger partial charge in [0.15, 0.2) is 17.2 Å². The quantitative estimate of drug-likeness (QED) is 0.334. The second-order valence-electron chi connectivity index (χ2n) is 6.04. The van der Waals surface area contributed by atoms with Gasteiger partial charge in [0, 0.05) is 10.6 Å². The van der Waals surface area contributed by atoms with E-state index in [0.717, 1.165) is 11.8 Å². The first-order valence-corrected chi connectivity index (χ1v) is 10.3. The van der Waals surface area contributed by atoms with Crippen molar-refractivity contribution in [3.8, 4) is 22.9 Å². The number of aromatic nitrogens is 3. The lowest BCUT2D eigenvalue weighted by Crippen LogP contribution is -2.42. The maximum Gasteiger partial charge on any atom is 0.269 e. The SMILES string of the molecule is O=C(CSc1nnc(-c2ccco2)c(-c2ccco2)n1)NNC(=O)c1ccc(Cl)cc1. The standard InChI is InChI=1S/C20H14ClN5O4S/c21-13-7-5-12(6-8-13)19(28)25-23-16(27)11-31-20-22-17(14-3-1-9-29-14)18(24-26-20)15-4-2-10-30-15/h1-10H,11H2,(H,23,27)(H,25,28). The van der Waals surface area contributed by atoms with Crippen molar-refractivity contribution in [2.75, 3.05) is 5.75 Å². The lowest BCUT2D eigenvalue weighted by Gasteiger charge is -2.08. The molecule has 0 saturated carbocycles. The minimum atomic E-state index is -0.462. The van der Waals surface area contributed by atoms with Crippen molar-refractivity contribution in [2.24, 2.45) is 0 Å². The Balaban J connectivity index is 1.39. The fraction of sp³-hybridized carbons (Fsp3) is 0.0500. The van der Waals surface area contributed by atoms with Crippen molar-refractivity contribution in [1.82, 2.24) is 26.0 Å². The highest BCUT2D eigenvalue weighted by Crippen LogP contribution is 2.30. The monoisotopic (exact) mass is 455 g/mol. The van der Waals surface area contributed by atoms with Crippen LogP contribution in [0.15, 0.2) is 75.0 Å². The van der Waals surface area contributed by atoms with Crippen LogP contribution in [0.5, 0.6) is 0 Å². The Morgan fingerprint density at radius 1 is 0.903 bits per heavy atom. The van der Waals surface area contributed by atoms with Crippen molar-refractivity contribution < 1.29 is 18.4 Å². The lowest BCUT2D eigenvalue weighted by molar-refractivity contribution is -0.119. The van der Waals surface area contributed by atoms with E-state index < -0.39 is 11.8 Å². The van der Waals surface area contributed by atoms with E-state index >= 15 is 0 Å². The maximum absolute atomic E-state index is 12.1. The molecule has 3 aromatic heterocycles. The van der Waals surface area contributed by atoms with Crippen LogP contribution in [0.25, 0.3) is 22.9 Å². The number of hydrogen-bond acceptors (Lipinski definition) is 8. The molecule has 0 radical (unpaired) electrons. The van der Waals surface area contributed by atoms with Crippen LogP contribution in [0.2, 0.25) is 5.02 Å². The summed E-state index contributed by atoms with van der Waals surface area (Å²) in [5, 5.41) is 9.00. The van der Waals surface area contributed by atoms with Gasteiger partial charge in [-0.1, -0.05) is 23.4 Å². The molecule has 0 aliphatic rings. The van der Waals surface area contributed by atoms with Gasteiger partial charge in [0.2, 0.25) is 11.1 Å². The average molecular weight is 456 g/mol. The number of thioether (sulfide) groups is 1. The largest absolute Gasteiger partial charge is 0.463 e. The van der Waals surface area contributed by atoms with Gasteiger partial charge in [-0.05, 0) is 48.5 Å². The fourth-order valence-electron chi connectivity index (χ4n) is 2.50. The van der Waals surface area contributed by atoms with Gasteiger partial charge >= 0.3 is 0 Å². The summed E-state index contributed by atoms with van der Waals surface area (Å²) < 4.78 is 10.8. The number of furan rings is 2. The van der Waals surface area contributed by atoms with Gasteiger partial charge in [-0.2, -0.15) is 0 Å². The van der Waals surface area contributed by atoms with Gasteiger partial charge in [-0.3, -0.25) is 20.4 Å². The summed E-state index contributed by atoms with van der Waals surface area (Å²) in [6.45, 7) is 0. The van der Waals surface area contributed by atoms with E-state index in [4.69, 9.17) is 20.4 Å². The first-order valence-electron chi connectivity index (χ1n) is 8.90. The van der Waals surface area contributed by atoms with Gasteiger partial charge in [0.25, 0.3) is 5.91 Å². The van der Waals surface area contributed by atoms with Crippen LogP contribution in [0.1, 0.15) is 10.4 Å². The highest BCUT2D eigenvalue weighted by Gasteiger charge is 2.18. The molecule has 0 unspecified atom stereocenters. The molecule has 0 spiro atoms. The van der Waals surface area contributed by atoms with Crippen molar-refractivity contribution in [2.45, 2.75) is 5.16 Å². The van der Waals surface area contributed by atoms with Crippen LogP contribution < -0.4 is 10.9 Å². The molecule has 4 rings (SSSR count). The van der Waals surface area contributed by atoms with E-state index in [2.05, 4.69) is 26.0 Å². The summed E-state index contributed by atoms with van der Waals surface area (Å²) in [5.74, 6) is 0.0372. The summed E-state index contributed by atoms with van der Waals surface area (Å²) in [5.41, 5.74) is 5.90. The third-order valence-corrected chi connectivity index (χ3v) is 5.02. The summed E-state index contributed by atoms with van der Waals surface area (Å²) >= 11 is 6.85. The number of hydrazine groups is 1. The third-order valence-electron chi connectivity index (χ3n) is 3.93. The Hall–Kier alpha value is -3.63. The molecule has 156 valence electrons. The topological polar surface area (TPSA) is 123 Å². The Morgan fingerprint density at radius 2 is 1.58 bits per heavy atom.